The third-order valence-electron chi connectivity index (χ3n) is 6.05. The number of hydrogen-bond donors (Lipinski definition) is 1. The molecular formula is C21H29NO3. The number of rotatable bonds is 7. The van der Waals surface area contributed by atoms with Crippen LogP contribution >= 0.6 is 0 Å². The Kier molecular flexibility index (Phi) is 5.77. The standard InChI is InChI=1S/C21H29NO3/c1-3-14(2)16-6-8-19(9-7-16)22-20(23)13-25-21(24)12-18-11-15-4-5-17(18)10-15/h6-9,14-15,17-18H,3-5,10-13H2,1-2H3,(H,22,23)/t14-,15-,17-,18-/m0/s1. The van der Waals surface area contributed by atoms with E-state index in [-0.39, 0.29) is 18.5 Å². The molecule has 2 bridgehead atoms. The second-order valence-electron chi connectivity index (χ2n) is 7.78. The van der Waals surface area contributed by atoms with Crippen molar-refractivity contribution in [2.24, 2.45) is 17.8 Å². The summed E-state index contributed by atoms with van der Waals surface area (Å²) < 4.78 is 5.17. The van der Waals surface area contributed by atoms with Crippen LogP contribution in [0.25, 0.3) is 0 Å². The van der Waals surface area contributed by atoms with Crippen LogP contribution in [0.3, 0.4) is 0 Å². The Morgan fingerprint density at radius 1 is 1.20 bits per heavy atom. The molecule has 1 amide bonds. The summed E-state index contributed by atoms with van der Waals surface area (Å²) in [5.41, 5.74) is 2.00. The number of nitrogens with one attached hydrogen (secondary N) is 1. The lowest BCUT2D eigenvalue weighted by Crippen LogP contribution is -2.23. The Morgan fingerprint density at radius 2 is 1.96 bits per heavy atom. The molecule has 2 aliphatic rings. The molecule has 4 atom stereocenters. The second-order valence-corrected chi connectivity index (χ2v) is 7.78. The largest absolute Gasteiger partial charge is 0.456 e. The van der Waals surface area contributed by atoms with Gasteiger partial charge in [0.05, 0.1) is 0 Å². The van der Waals surface area contributed by atoms with E-state index in [1.54, 1.807) is 0 Å². The van der Waals surface area contributed by atoms with Crippen LogP contribution < -0.4 is 5.32 Å². The fourth-order valence-electron chi connectivity index (χ4n) is 4.37. The average molecular weight is 343 g/mol. The number of amides is 1. The molecule has 2 aliphatic carbocycles. The van der Waals surface area contributed by atoms with Gasteiger partial charge in [0.15, 0.2) is 6.61 Å². The molecule has 1 N–H and O–H groups in total. The van der Waals surface area contributed by atoms with Crippen LogP contribution in [0.5, 0.6) is 0 Å². The molecule has 25 heavy (non-hydrogen) atoms. The lowest BCUT2D eigenvalue weighted by molar-refractivity contribution is -0.148. The van der Waals surface area contributed by atoms with Gasteiger partial charge >= 0.3 is 5.97 Å². The summed E-state index contributed by atoms with van der Waals surface area (Å²) >= 11 is 0. The van der Waals surface area contributed by atoms with Crippen molar-refractivity contribution in [1.82, 2.24) is 0 Å². The molecule has 0 heterocycles. The van der Waals surface area contributed by atoms with E-state index in [4.69, 9.17) is 4.74 Å². The molecule has 0 aliphatic heterocycles. The zero-order chi connectivity index (χ0) is 17.8. The first kappa shape index (κ1) is 18.0. The Balaban J connectivity index is 1.39. The van der Waals surface area contributed by atoms with Gasteiger partial charge in [0.1, 0.15) is 0 Å². The maximum Gasteiger partial charge on any atom is 0.306 e. The Morgan fingerprint density at radius 3 is 2.56 bits per heavy atom. The minimum absolute atomic E-state index is 0.202. The number of carbonyl (C=O) groups excluding carboxylic acids is 2. The molecule has 2 saturated carbocycles. The summed E-state index contributed by atoms with van der Waals surface area (Å²) in [5.74, 6) is 2.00. The summed E-state index contributed by atoms with van der Waals surface area (Å²) in [5, 5.41) is 2.79. The van der Waals surface area contributed by atoms with E-state index >= 15 is 0 Å². The number of esters is 1. The van der Waals surface area contributed by atoms with E-state index in [0.29, 0.717) is 24.2 Å². The molecule has 0 spiro atoms. The smallest absolute Gasteiger partial charge is 0.306 e. The third kappa shape index (κ3) is 4.62. The predicted octanol–water partition coefficient (Wildman–Crippen LogP) is 4.51. The van der Waals surface area contributed by atoms with Crippen LogP contribution in [0.2, 0.25) is 0 Å². The van der Waals surface area contributed by atoms with Crippen molar-refractivity contribution >= 4 is 17.6 Å². The van der Waals surface area contributed by atoms with Crippen LogP contribution in [0.4, 0.5) is 5.69 Å². The van der Waals surface area contributed by atoms with E-state index in [2.05, 4.69) is 19.2 Å². The average Bonchev–Trinajstić information content (AvgIpc) is 3.23. The lowest BCUT2D eigenvalue weighted by atomic mass is 9.86. The van der Waals surface area contributed by atoms with Gasteiger partial charge in [0.2, 0.25) is 0 Å². The van der Waals surface area contributed by atoms with Crippen molar-refractivity contribution in [2.45, 2.75) is 58.3 Å². The summed E-state index contributed by atoms with van der Waals surface area (Å²) in [4.78, 5) is 24.0. The molecule has 0 unspecified atom stereocenters. The number of benzene rings is 1. The maximum atomic E-state index is 12.0. The molecule has 136 valence electrons. The molecule has 0 aromatic heterocycles. The number of carbonyl (C=O) groups is 2. The molecule has 1 aromatic rings. The zero-order valence-electron chi connectivity index (χ0n) is 15.3. The van der Waals surface area contributed by atoms with E-state index in [9.17, 15) is 9.59 Å². The Labute approximate surface area is 150 Å². The van der Waals surface area contributed by atoms with Crippen LogP contribution in [0.15, 0.2) is 24.3 Å². The molecule has 2 fully saturated rings. The fraction of sp³-hybridized carbons (Fsp3) is 0.619. The zero-order valence-corrected chi connectivity index (χ0v) is 15.3. The molecule has 0 radical (unpaired) electrons. The minimum Gasteiger partial charge on any atom is -0.456 e. The third-order valence-corrected chi connectivity index (χ3v) is 6.05. The predicted molar refractivity (Wildman–Crippen MR) is 98.3 cm³/mol. The van der Waals surface area contributed by atoms with Crippen LogP contribution in [-0.4, -0.2) is 18.5 Å². The molecule has 3 rings (SSSR count). The topological polar surface area (TPSA) is 55.4 Å². The van der Waals surface area contributed by atoms with E-state index < -0.39 is 0 Å². The van der Waals surface area contributed by atoms with Gasteiger partial charge in [0, 0.05) is 12.1 Å². The highest BCUT2D eigenvalue weighted by atomic mass is 16.5. The Bertz CT molecular complexity index is 610. The second kappa shape index (κ2) is 8.03. The van der Waals surface area contributed by atoms with Crippen LogP contribution in [0.1, 0.15) is 63.9 Å². The first-order chi connectivity index (χ1) is 12.0. The van der Waals surface area contributed by atoms with Gasteiger partial charge in [-0.2, -0.15) is 0 Å². The lowest BCUT2D eigenvalue weighted by Gasteiger charge is -2.20. The van der Waals surface area contributed by atoms with E-state index in [0.717, 1.165) is 24.4 Å². The summed E-state index contributed by atoms with van der Waals surface area (Å²) in [6.07, 6.45) is 6.59. The van der Waals surface area contributed by atoms with Gasteiger partial charge in [-0.05, 0) is 67.1 Å². The van der Waals surface area contributed by atoms with Crippen molar-refractivity contribution in [3.05, 3.63) is 29.8 Å². The normalized spacial score (nSPS) is 25.6. The monoisotopic (exact) mass is 343 g/mol. The summed E-state index contributed by atoms with van der Waals surface area (Å²) in [7, 11) is 0. The van der Waals surface area contributed by atoms with Gasteiger partial charge in [-0.25, -0.2) is 0 Å². The fourth-order valence-corrected chi connectivity index (χ4v) is 4.37. The van der Waals surface area contributed by atoms with E-state index in [1.807, 2.05) is 24.3 Å². The van der Waals surface area contributed by atoms with Crippen molar-refractivity contribution in [3.8, 4) is 0 Å². The number of anilines is 1. The maximum absolute atomic E-state index is 12.0. The van der Waals surface area contributed by atoms with Crippen molar-refractivity contribution < 1.29 is 14.3 Å². The molecule has 4 nitrogen and oxygen atoms in total. The van der Waals surface area contributed by atoms with Crippen LogP contribution in [-0.2, 0) is 14.3 Å². The molecular weight excluding hydrogens is 314 g/mol. The van der Waals surface area contributed by atoms with Crippen molar-refractivity contribution in [2.75, 3.05) is 11.9 Å². The van der Waals surface area contributed by atoms with Gasteiger partial charge < -0.3 is 10.1 Å². The molecule has 0 saturated heterocycles. The highest BCUT2D eigenvalue weighted by Gasteiger charge is 2.40. The highest BCUT2D eigenvalue weighted by molar-refractivity contribution is 5.92. The van der Waals surface area contributed by atoms with Gasteiger partial charge in [-0.3, -0.25) is 9.59 Å². The Hall–Kier alpha value is -1.84. The van der Waals surface area contributed by atoms with E-state index in [1.165, 1.54) is 24.8 Å². The van der Waals surface area contributed by atoms with Gasteiger partial charge in [-0.15, -0.1) is 0 Å². The van der Waals surface area contributed by atoms with Gasteiger partial charge in [-0.1, -0.05) is 32.4 Å². The SMILES string of the molecule is CC[C@H](C)c1ccc(NC(=O)COC(=O)C[C@@H]2C[C@H]3CC[C@H]2C3)cc1. The number of hydrogen-bond acceptors (Lipinski definition) is 3. The van der Waals surface area contributed by atoms with Crippen molar-refractivity contribution in [1.29, 1.82) is 0 Å². The summed E-state index contributed by atoms with van der Waals surface area (Å²) in [6, 6.07) is 7.86. The quantitative estimate of drug-likeness (QED) is 0.741. The first-order valence-corrected chi connectivity index (χ1v) is 9.60. The van der Waals surface area contributed by atoms with Gasteiger partial charge in [0.25, 0.3) is 5.91 Å². The highest BCUT2D eigenvalue weighted by Crippen LogP contribution is 2.49. The number of fused-ring (bicyclic) bond motifs is 2. The number of ether oxygens (including phenoxy) is 1. The minimum atomic E-state index is -0.280. The van der Waals surface area contributed by atoms with Crippen molar-refractivity contribution in [3.63, 3.8) is 0 Å². The first-order valence-electron chi connectivity index (χ1n) is 9.60. The molecule has 4 heteroatoms. The summed E-state index contributed by atoms with van der Waals surface area (Å²) in [6.45, 7) is 4.14. The van der Waals surface area contributed by atoms with Crippen LogP contribution in [0, 0.1) is 17.8 Å². The molecule has 1 aromatic carbocycles.